The van der Waals surface area contributed by atoms with Gasteiger partial charge in [0.05, 0.1) is 35.3 Å². The standard InChI is InChI=1S/C25H18Cl3NO4/c1-33-20-5-3-2-4-16(20)13-29-22(14-6-9-17(26)10-7-14)21(24(31)25(29)32)23(30)15-8-11-18(27)19(28)12-15/h2-12,22,30H,13H2,1H3/b23-21-. The van der Waals surface area contributed by atoms with Crippen LogP contribution in [0.3, 0.4) is 0 Å². The van der Waals surface area contributed by atoms with Crippen molar-refractivity contribution in [1.29, 1.82) is 0 Å². The van der Waals surface area contributed by atoms with E-state index in [0.717, 1.165) is 5.56 Å². The lowest BCUT2D eigenvalue weighted by Crippen LogP contribution is -2.29. The molecule has 1 atom stereocenters. The zero-order chi connectivity index (χ0) is 23.7. The van der Waals surface area contributed by atoms with Gasteiger partial charge >= 0.3 is 0 Å². The number of carbonyl (C=O) groups is 2. The van der Waals surface area contributed by atoms with E-state index in [2.05, 4.69) is 0 Å². The molecule has 1 unspecified atom stereocenters. The Bertz CT molecular complexity index is 1270. The molecule has 0 bridgehead atoms. The molecule has 1 aliphatic rings. The van der Waals surface area contributed by atoms with Crippen molar-refractivity contribution >= 4 is 52.3 Å². The number of aliphatic hydroxyl groups is 1. The fourth-order valence-electron chi connectivity index (χ4n) is 3.85. The summed E-state index contributed by atoms with van der Waals surface area (Å²) in [4.78, 5) is 27.7. The largest absolute Gasteiger partial charge is 0.507 e. The molecule has 0 saturated carbocycles. The molecule has 1 heterocycles. The Labute approximate surface area is 205 Å². The van der Waals surface area contributed by atoms with E-state index in [4.69, 9.17) is 39.5 Å². The molecule has 0 spiro atoms. The average molecular weight is 503 g/mol. The zero-order valence-corrected chi connectivity index (χ0v) is 19.7. The maximum atomic E-state index is 13.2. The number of likely N-dealkylation sites (tertiary alicyclic amines) is 1. The van der Waals surface area contributed by atoms with Crippen LogP contribution in [0.2, 0.25) is 15.1 Å². The van der Waals surface area contributed by atoms with Crippen molar-refractivity contribution in [2.45, 2.75) is 12.6 Å². The fourth-order valence-corrected chi connectivity index (χ4v) is 4.27. The smallest absolute Gasteiger partial charge is 0.295 e. The molecule has 5 nitrogen and oxygen atoms in total. The first-order chi connectivity index (χ1) is 15.8. The highest BCUT2D eigenvalue weighted by atomic mass is 35.5. The summed E-state index contributed by atoms with van der Waals surface area (Å²) in [5.41, 5.74) is 1.57. The molecule has 3 aromatic rings. The molecule has 1 N–H and O–H groups in total. The Morgan fingerprint density at radius 1 is 0.970 bits per heavy atom. The minimum absolute atomic E-state index is 0.0457. The molecule has 0 radical (unpaired) electrons. The van der Waals surface area contributed by atoms with Gasteiger partial charge in [-0.3, -0.25) is 9.59 Å². The lowest BCUT2D eigenvalue weighted by molar-refractivity contribution is -0.140. The summed E-state index contributed by atoms with van der Waals surface area (Å²) in [6.07, 6.45) is 0. The number of hydrogen-bond acceptors (Lipinski definition) is 4. The first-order valence-electron chi connectivity index (χ1n) is 9.93. The van der Waals surface area contributed by atoms with Crippen molar-refractivity contribution in [3.63, 3.8) is 0 Å². The minimum atomic E-state index is -0.846. The molecule has 8 heteroatoms. The van der Waals surface area contributed by atoms with Gasteiger partial charge in [0.25, 0.3) is 11.7 Å². The van der Waals surface area contributed by atoms with E-state index < -0.39 is 17.7 Å². The Hall–Kier alpha value is -2.99. The van der Waals surface area contributed by atoms with Crippen molar-refractivity contribution in [1.82, 2.24) is 4.90 Å². The second kappa shape index (κ2) is 9.48. The van der Waals surface area contributed by atoms with Gasteiger partial charge < -0.3 is 14.7 Å². The summed E-state index contributed by atoms with van der Waals surface area (Å²) in [6.45, 7) is 0.0973. The predicted molar refractivity (Wildman–Crippen MR) is 129 cm³/mol. The number of amides is 1. The number of para-hydroxylation sites is 1. The molecule has 1 fully saturated rings. The van der Waals surface area contributed by atoms with E-state index in [-0.39, 0.29) is 28.5 Å². The van der Waals surface area contributed by atoms with Crippen LogP contribution in [0, 0.1) is 0 Å². The normalized spacial score (nSPS) is 17.5. The summed E-state index contributed by atoms with van der Waals surface area (Å²) in [6, 6.07) is 17.7. The van der Waals surface area contributed by atoms with Crippen LogP contribution >= 0.6 is 34.8 Å². The highest BCUT2D eigenvalue weighted by Gasteiger charge is 2.46. The van der Waals surface area contributed by atoms with Gasteiger partial charge in [-0.2, -0.15) is 0 Å². The summed E-state index contributed by atoms with van der Waals surface area (Å²) in [5.74, 6) is -1.29. The fraction of sp³-hybridized carbons (Fsp3) is 0.120. The SMILES string of the molecule is COc1ccccc1CN1C(=O)C(=O)/C(=C(\O)c2ccc(Cl)c(Cl)c2)C1c1ccc(Cl)cc1. The van der Waals surface area contributed by atoms with E-state index in [9.17, 15) is 14.7 Å². The van der Waals surface area contributed by atoms with E-state index in [1.54, 1.807) is 30.3 Å². The highest BCUT2D eigenvalue weighted by molar-refractivity contribution is 6.46. The number of nitrogens with zero attached hydrogens (tertiary/aromatic N) is 1. The number of methoxy groups -OCH3 is 1. The van der Waals surface area contributed by atoms with Crippen LogP contribution in [-0.4, -0.2) is 28.8 Å². The Morgan fingerprint density at radius 2 is 1.67 bits per heavy atom. The van der Waals surface area contributed by atoms with E-state index in [1.165, 1.54) is 30.2 Å². The Balaban J connectivity index is 1.88. The third kappa shape index (κ3) is 4.44. The van der Waals surface area contributed by atoms with Gasteiger partial charge in [-0.15, -0.1) is 0 Å². The Kier molecular flexibility index (Phi) is 6.66. The maximum absolute atomic E-state index is 13.2. The number of Topliss-reactive ketones (excluding diaryl/α,β-unsaturated/α-hetero) is 1. The molecule has 0 aromatic heterocycles. The van der Waals surface area contributed by atoms with Crippen molar-refractivity contribution in [3.8, 4) is 5.75 Å². The third-order valence-electron chi connectivity index (χ3n) is 5.45. The average Bonchev–Trinajstić information content (AvgIpc) is 3.06. The number of carbonyl (C=O) groups excluding carboxylic acids is 2. The van der Waals surface area contributed by atoms with E-state index in [1.807, 2.05) is 18.2 Å². The summed E-state index contributed by atoms with van der Waals surface area (Å²) < 4.78 is 5.41. The number of halogens is 3. The monoisotopic (exact) mass is 501 g/mol. The van der Waals surface area contributed by atoms with Gasteiger partial charge in [-0.1, -0.05) is 65.1 Å². The number of aliphatic hydroxyl groups excluding tert-OH is 1. The van der Waals surface area contributed by atoms with E-state index in [0.29, 0.717) is 21.4 Å². The number of benzene rings is 3. The van der Waals surface area contributed by atoms with Crippen LogP contribution in [-0.2, 0) is 16.1 Å². The number of ketones is 1. The number of rotatable bonds is 5. The highest BCUT2D eigenvalue weighted by Crippen LogP contribution is 2.41. The van der Waals surface area contributed by atoms with E-state index >= 15 is 0 Å². The Morgan fingerprint density at radius 3 is 2.33 bits per heavy atom. The molecule has 1 saturated heterocycles. The van der Waals surface area contributed by atoms with Crippen molar-refractivity contribution in [3.05, 3.63) is 104 Å². The summed E-state index contributed by atoms with van der Waals surface area (Å²) >= 11 is 18.2. The first kappa shape index (κ1) is 23.2. The first-order valence-corrected chi connectivity index (χ1v) is 11.1. The number of ether oxygens (including phenoxy) is 1. The quantitative estimate of drug-likeness (QED) is 0.253. The molecule has 1 aliphatic heterocycles. The molecule has 168 valence electrons. The molecule has 33 heavy (non-hydrogen) atoms. The van der Waals surface area contributed by atoms with Gasteiger partial charge in [0.15, 0.2) is 0 Å². The van der Waals surface area contributed by atoms with Gasteiger partial charge in [-0.05, 0) is 42.0 Å². The molecule has 4 rings (SSSR count). The minimum Gasteiger partial charge on any atom is -0.507 e. The van der Waals surface area contributed by atoms with Gasteiger partial charge in [0.2, 0.25) is 0 Å². The van der Waals surface area contributed by atoms with Crippen LogP contribution in [0.5, 0.6) is 5.75 Å². The molecule has 1 amide bonds. The van der Waals surface area contributed by atoms with Crippen LogP contribution < -0.4 is 4.74 Å². The second-order valence-electron chi connectivity index (χ2n) is 7.42. The van der Waals surface area contributed by atoms with Crippen LogP contribution in [0.25, 0.3) is 5.76 Å². The van der Waals surface area contributed by atoms with Gasteiger partial charge in [0, 0.05) is 16.1 Å². The molecular formula is C25H18Cl3NO4. The summed E-state index contributed by atoms with van der Waals surface area (Å²) in [7, 11) is 1.54. The lowest BCUT2D eigenvalue weighted by atomic mass is 9.95. The summed E-state index contributed by atoms with van der Waals surface area (Å²) in [5, 5.41) is 12.1. The maximum Gasteiger partial charge on any atom is 0.295 e. The van der Waals surface area contributed by atoms with Crippen molar-refractivity contribution in [2.75, 3.05) is 7.11 Å². The molecule has 0 aliphatic carbocycles. The topological polar surface area (TPSA) is 66.8 Å². The van der Waals surface area contributed by atoms with Crippen molar-refractivity contribution in [2.24, 2.45) is 0 Å². The van der Waals surface area contributed by atoms with Gasteiger partial charge in [-0.25, -0.2) is 0 Å². The van der Waals surface area contributed by atoms with Crippen LogP contribution in [0.1, 0.15) is 22.7 Å². The number of hydrogen-bond donors (Lipinski definition) is 1. The van der Waals surface area contributed by atoms with Crippen molar-refractivity contribution < 1.29 is 19.4 Å². The molecule has 3 aromatic carbocycles. The van der Waals surface area contributed by atoms with Crippen LogP contribution in [0.15, 0.2) is 72.3 Å². The second-order valence-corrected chi connectivity index (χ2v) is 8.67. The predicted octanol–water partition coefficient (Wildman–Crippen LogP) is 6.28. The van der Waals surface area contributed by atoms with Crippen LogP contribution in [0.4, 0.5) is 0 Å². The lowest BCUT2D eigenvalue weighted by Gasteiger charge is -2.26. The molecular weight excluding hydrogens is 485 g/mol. The third-order valence-corrected chi connectivity index (χ3v) is 6.44. The zero-order valence-electron chi connectivity index (χ0n) is 17.4. The van der Waals surface area contributed by atoms with Gasteiger partial charge in [0.1, 0.15) is 11.5 Å².